The van der Waals surface area contributed by atoms with Crippen LogP contribution >= 0.6 is 0 Å². The summed E-state index contributed by atoms with van der Waals surface area (Å²) in [7, 11) is 0. The van der Waals surface area contributed by atoms with Crippen molar-refractivity contribution in [1.82, 2.24) is 20.2 Å². The van der Waals surface area contributed by atoms with Crippen LogP contribution in [0.4, 0.5) is 17.6 Å². The predicted octanol–water partition coefficient (Wildman–Crippen LogP) is 1.10. The third-order valence-corrected chi connectivity index (χ3v) is 2.46. The van der Waals surface area contributed by atoms with Crippen molar-refractivity contribution in [3.63, 3.8) is 0 Å². The molecule has 0 aliphatic rings. The first-order valence-corrected chi connectivity index (χ1v) is 5.13. The van der Waals surface area contributed by atoms with Gasteiger partial charge in [-0.15, -0.1) is 5.10 Å². The molecule has 0 radical (unpaired) electrons. The van der Waals surface area contributed by atoms with E-state index in [0.717, 1.165) is 11.0 Å². The molecule has 2 aromatic rings. The van der Waals surface area contributed by atoms with Gasteiger partial charge in [-0.25, -0.2) is 13.5 Å². The van der Waals surface area contributed by atoms with Gasteiger partial charge in [-0.3, -0.25) is 0 Å². The topological polar surface area (TPSA) is 63.8 Å². The van der Waals surface area contributed by atoms with Crippen molar-refractivity contribution in [3.8, 4) is 0 Å². The van der Waals surface area contributed by atoms with Gasteiger partial charge in [-0.1, -0.05) is 0 Å². The Morgan fingerprint density at radius 2 is 2.05 bits per heavy atom. The van der Waals surface area contributed by atoms with E-state index in [1.165, 1.54) is 0 Å². The molecule has 2 rings (SSSR count). The van der Waals surface area contributed by atoms with Gasteiger partial charge in [0.05, 0.1) is 12.1 Å². The molecule has 0 spiro atoms. The lowest BCUT2D eigenvalue weighted by molar-refractivity contribution is -0.124. The van der Waals surface area contributed by atoms with Gasteiger partial charge in [0, 0.05) is 6.07 Å². The Morgan fingerprint density at radius 1 is 1.32 bits per heavy atom. The number of rotatable bonds is 4. The molecule has 9 heteroatoms. The van der Waals surface area contributed by atoms with E-state index in [0.29, 0.717) is 18.2 Å². The van der Waals surface area contributed by atoms with Crippen LogP contribution in [0.15, 0.2) is 24.5 Å². The number of hydrogen-bond donors (Lipinski definition) is 1. The van der Waals surface area contributed by atoms with Crippen LogP contribution < -0.4 is 0 Å². The molecule has 0 aliphatic carbocycles. The standard InChI is InChI=1S/C10H8F4N4O/c11-6-1-2-7(8(12)3-6)10(13,14)9(19)4-18-5-15-16-17-18/h1-3,5,9,19H,4H2. The third-order valence-electron chi connectivity index (χ3n) is 2.46. The van der Waals surface area contributed by atoms with E-state index < -0.39 is 35.8 Å². The van der Waals surface area contributed by atoms with Crippen LogP contribution in [0.1, 0.15) is 5.56 Å². The molecule has 0 saturated carbocycles. The number of benzene rings is 1. The maximum atomic E-state index is 13.8. The number of alkyl halides is 2. The Hall–Kier alpha value is -2.03. The highest BCUT2D eigenvalue weighted by Gasteiger charge is 2.43. The van der Waals surface area contributed by atoms with Crippen LogP contribution in [0.25, 0.3) is 0 Å². The number of aliphatic hydroxyl groups excluding tert-OH is 1. The monoisotopic (exact) mass is 276 g/mol. The fraction of sp³-hybridized carbons (Fsp3) is 0.300. The van der Waals surface area contributed by atoms with Crippen LogP contribution in [0.2, 0.25) is 0 Å². The number of hydrogen-bond acceptors (Lipinski definition) is 4. The minimum atomic E-state index is -3.90. The van der Waals surface area contributed by atoms with Gasteiger partial charge < -0.3 is 5.11 Å². The summed E-state index contributed by atoms with van der Waals surface area (Å²) < 4.78 is 54.5. The second-order valence-corrected chi connectivity index (χ2v) is 3.79. The van der Waals surface area contributed by atoms with E-state index in [2.05, 4.69) is 15.5 Å². The first-order chi connectivity index (χ1) is 8.91. The summed E-state index contributed by atoms with van der Waals surface area (Å²) in [6.07, 6.45) is -1.23. The summed E-state index contributed by atoms with van der Waals surface area (Å²) in [5, 5.41) is 19.2. The van der Waals surface area contributed by atoms with Crippen molar-refractivity contribution < 1.29 is 22.7 Å². The molecule has 1 heterocycles. The van der Waals surface area contributed by atoms with Crippen LogP contribution in [0.5, 0.6) is 0 Å². The van der Waals surface area contributed by atoms with E-state index in [-0.39, 0.29) is 0 Å². The number of aromatic nitrogens is 4. The molecule has 0 aliphatic heterocycles. The lowest BCUT2D eigenvalue weighted by atomic mass is 10.0. The van der Waals surface area contributed by atoms with Gasteiger partial charge in [0.2, 0.25) is 0 Å². The highest BCUT2D eigenvalue weighted by Crippen LogP contribution is 2.34. The maximum absolute atomic E-state index is 13.8. The molecular weight excluding hydrogens is 268 g/mol. The van der Waals surface area contributed by atoms with E-state index >= 15 is 0 Å². The summed E-state index contributed by atoms with van der Waals surface area (Å²) in [5.41, 5.74) is -1.09. The molecule has 0 bridgehead atoms. The largest absolute Gasteiger partial charge is 0.384 e. The van der Waals surface area contributed by atoms with Crippen molar-refractivity contribution in [3.05, 3.63) is 41.7 Å². The highest BCUT2D eigenvalue weighted by molar-refractivity contribution is 5.24. The maximum Gasteiger partial charge on any atom is 0.303 e. The third kappa shape index (κ3) is 2.70. The quantitative estimate of drug-likeness (QED) is 0.849. The van der Waals surface area contributed by atoms with E-state index in [1.54, 1.807) is 0 Å². The van der Waals surface area contributed by atoms with Crippen LogP contribution in [-0.2, 0) is 12.5 Å². The van der Waals surface area contributed by atoms with Crippen LogP contribution in [0, 0.1) is 11.6 Å². The second kappa shape index (κ2) is 4.92. The summed E-state index contributed by atoms with van der Waals surface area (Å²) in [6.45, 7) is -0.628. The smallest absolute Gasteiger partial charge is 0.303 e. The van der Waals surface area contributed by atoms with Crippen molar-refractivity contribution in [2.24, 2.45) is 0 Å². The average molecular weight is 276 g/mol. The van der Waals surface area contributed by atoms with E-state index in [9.17, 15) is 22.7 Å². The molecule has 1 atom stereocenters. The Balaban J connectivity index is 2.25. The number of aliphatic hydroxyl groups is 1. The molecule has 1 aromatic carbocycles. The normalized spacial score (nSPS) is 13.5. The zero-order valence-electron chi connectivity index (χ0n) is 9.34. The molecule has 0 fully saturated rings. The summed E-state index contributed by atoms with van der Waals surface area (Å²) in [5.74, 6) is -6.31. The van der Waals surface area contributed by atoms with E-state index in [1.807, 2.05) is 0 Å². The Labute approximate surface area is 104 Å². The van der Waals surface area contributed by atoms with Crippen LogP contribution in [0.3, 0.4) is 0 Å². The Bertz CT molecular complexity index is 561. The van der Waals surface area contributed by atoms with Crippen molar-refractivity contribution >= 4 is 0 Å². The Kier molecular flexibility index (Phi) is 3.47. The number of nitrogens with zero attached hydrogens (tertiary/aromatic N) is 4. The molecule has 0 amide bonds. The second-order valence-electron chi connectivity index (χ2n) is 3.79. The van der Waals surface area contributed by atoms with Gasteiger partial charge in [0.15, 0.2) is 0 Å². The first kappa shape index (κ1) is 13.4. The fourth-order valence-electron chi connectivity index (χ4n) is 1.50. The Morgan fingerprint density at radius 3 is 2.63 bits per heavy atom. The van der Waals surface area contributed by atoms with Crippen LogP contribution in [-0.4, -0.2) is 31.4 Å². The lowest BCUT2D eigenvalue weighted by Gasteiger charge is -2.22. The zero-order chi connectivity index (χ0) is 14.0. The number of halogens is 4. The molecule has 102 valence electrons. The first-order valence-electron chi connectivity index (χ1n) is 5.13. The summed E-state index contributed by atoms with van der Waals surface area (Å²) >= 11 is 0. The molecule has 19 heavy (non-hydrogen) atoms. The molecule has 1 N–H and O–H groups in total. The molecule has 5 nitrogen and oxygen atoms in total. The van der Waals surface area contributed by atoms with Gasteiger partial charge in [0.1, 0.15) is 24.1 Å². The van der Waals surface area contributed by atoms with Gasteiger partial charge in [-0.2, -0.15) is 8.78 Å². The fourth-order valence-corrected chi connectivity index (χ4v) is 1.50. The molecule has 1 aromatic heterocycles. The lowest BCUT2D eigenvalue weighted by Crippen LogP contribution is -2.35. The SMILES string of the molecule is OC(Cn1cnnn1)C(F)(F)c1ccc(F)cc1F. The predicted molar refractivity (Wildman–Crippen MR) is 54.1 cm³/mol. The molecule has 0 saturated heterocycles. The highest BCUT2D eigenvalue weighted by atomic mass is 19.3. The van der Waals surface area contributed by atoms with Crippen molar-refractivity contribution in [2.45, 2.75) is 18.6 Å². The van der Waals surface area contributed by atoms with Crippen molar-refractivity contribution in [1.29, 1.82) is 0 Å². The molecule has 1 unspecified atom stereocenters. The summed E-state index contributed by atoms with van der Waals surface area (Å²) in [4.78, 5) is 0. The van der Waals surface area contributed by atoms with E-state index in [4.69, 9.17) is 0 Å². The minimum absolute atomic E-state index is 0.326. The number of tetrazole rings is 1. The van der Waals surface area contributed by atoms with Gasteiger partial charge in [0.25, 0.3) is 0 Å². The van der Waals surface area contributed by atoms with Crippen molar-refractivity contribution in [2.75, 3.05) is 0 Å². The van der Waals surface area contributed by atoms with Gasteiger partial charge >= 0.3 is 5.92 Å². The summed E-state index contributed by atoms with van der Waals surface area (Å²) in [6, 6.07) is 1.61. The van der Waals surface area contributed by atoms with Gasteiger partial charge in [-0.05, 0) is 22.6 Å². The minimum Gasteiger partial charge on any atom is -0.384 e. The zero-order valence-corrected chi connectivity index (χ0v) is 9.34. The molecular formula is C10H8F4N4O. The average Bonchev–Trinajstić information content (AvgIpc) is 2.81.